The molecule has 0 radical (unpaired) electrons. The van der Waals surface area contributed by atoms with E-state index in [1.165, 1.54) is 6.07 Å². The largest absolute Gasteiger partial charge is 0.381 e. The van der Waals surface area contributed by atoms with Gasteiger partial charge in [-0.1, -0.05) is 6.07 Å². The van der Waals surface area contributed by atoms with Crippen molar-refractivity contribution in [2.24, 2.45) is 11.8 Å². The maximum absolute atomic E-state index is 13.4. The quantitative estimate of drug-likeness (QED) is 0.639. The molecule has 1 heterocycles. The number of ether oxygens (including phenoxy) is 1. The second-order valence-corrected chi connectivity index (χ2v) is 5.07. The van der Waals surface area contributed by atoms with Gasteiger partial charge in [0.05, 0.1) is 0 Å². The second kappa shape index (κ2) is 6.27. The normalized spacial score (nSPS) is 18.8. The number of aryl methyl sites for hydroxylation is 1. The van der Waals surface area contributed by atoms with Crippen molar-refractivity contribution in [3.63, 3.8) is 0 Å². The molecule has 18 heavy (non-hydrogen) atoms. The van der Waals surface area contributed by atoms with E-state index in [2.05, 4.69) is 5.43 Å². The summed E-state index contributed by atoms with van der Waals surface area (Å²) in [6.07, 6.45) is 3.06. The average Bonchev–Trinajstić information content (AvgIpc) is 2.36. The molecule has 1 aliphatic rings. The smallest absolute Gasteiger partial charge is 0.123 e. The Balaban J connectivity index is 2.06. The van der Waals surface area contributed by atoms with Crippen LogP contribution in [-0.4, -0.2) is 13.2 Å². The Morgan fingerprint density at radius 3 is 2.72 bits per heavy atom. The molecule has 0 spiro atoms. The lowest BCUT2D eigenvalue weighted by molar-refractivity contribution is 0.0605. The zero-order chi connectivity index (χ0) is 13.0. The summed E-state index contributed by atoms with van der Waals surface area (Å²) in [5, 5.41) is 0. The van der Waals surface area contributed by atoms with Crippen LogP contribution in [0.3, 0.4) is 0 Å². The molecular weight excluding hydrogens is 231 g/mol. The molecule has 0 aliphatic carbocycles. The van der Waals surface area contributed by atoms with Gasteiger partial charge in [-0.3, -0.25) is 11.3 Å². The highest BCUT2D eigenvalue weighted by atomic mass is 19.1. The Hall–Kier alpha value is -0.970. The third-order valence-corrected chi connectivity index (χ3v) is 3.58. The number of benzene rings is 1. The molecule has 1 saturated heterocycles. The van der Waals surface area contributed by atoms with E-state index in [1.807, 2.05) is 13.0 Å². The predicted octanol–water partition coefficient (Wildman–Crippen LogP) is 2.46. The predicted molar refractivity (Wildman–Crippen MR) is 69.4 cm³/mol. The summed E-state index contributed by atoms with van der Waals surface area (Å²) in [5.41, 5.74) is 4.67. The summed E-state index contributed by atoms with van der Waals surface area (Å²) < 4.78 is 18.8. The van der Waals surface area contributed by atoms with Crippen LogP contribution in [0.4, 0.5) is 4.39 Å². The van der Waals surface area contributed by atoms with Crippen LogP contribution in [0.15, 0.2) is 18.2 Å². The fraction of sp³-hybridized carbons (Fsp3) is 0.571. The van der Waals surface area contributed by atoms with Gasteiger partial charge in [-0.05, 0) is 55.4 Å². The summed E-state index contributed by atoms with van der Waals surface area (Å²) in [6, 6.07) is 5.11. The molecule has 0 amide bonds. The first-order valence-electron chi connectivity index (χ1n) is 6.50. The molecule has 0 bridgehead atoms. The van der Waals surface area contributed by atoms with Gasteiger partial charge in [0, 0.05) is 19.3 Å². The summed E-state index contributed by atoms with van der Waals surface area (Å²) in [4.78, 5) is 0. The molecule has 2 rings (SSSR count). The van der Waals surface area contributed by atoms with Gasteiger partial charge in [-0.2, -0.15) is 0 Å². The summed E-state index contributed by atoms with van der Waals surface area (Å²) in [7, 11) is 0. The van der Waals surface area contributed by atoms with Crippen LogP contribution in [-0.2, 0) is 4.74 Å². The molecule has 4 heteroatoms. The maximum Gasteiger partial charge on any atom is 0.123 e. The topological polar surface area (TPSA) is 47.3 Å². The molecule has 1 aromatic carbocycles. The van der Waals surface area contributed by atoms with Gasteiger partial charge < -0.3 is 4.74 Å². The lowest BCUT2D eigenvalue weighted by Gasteiger charge is -2.26. The lowest BCUT2D eigenvalue weighted by Crippen LogP contribution is -2.31. The van der Waals surface area contributed by atoms with Crippen molar-refractivity contribution in [3.8, 4) is 0 Å². The van der Waals surface area contributed by atoms with Crippen molar-refractivity contribution in [1.82, 2.24) is 5.43 Å². The van der Waals surface area contributed by atoms with Crippen molar-refractivity contribution in [2.45, 2.75) is 32.2 Å². The first-order valence-corrected chi connectivity index (χ1v) is 6.50. The number of nitrogens with two attached hydrogens (primary N) is 1. The summed E-state index contributed by atoms with van der Waals surface area (Å²) >= 11 is 0. The molecule has 1 aliphatic heterocycles. The maximum atomic E-state index is 13.4. The van der Waals surface area contributed by atoms with Crippen molar-refractivity contribution in [2.75, 3.05) is 13.2 Å². The molecular formula is C14H21FN2O. The Bertz CT molecular complexity index is 371. The molecule has 1 atom stereocenters. The third-order valence-electron chi connectivity index (χ3n) is 3.58. The first-order chi connectivity index (χ1) is 8.69. The fourth-order valence-electron chi connectivity index (χ4n) is 2.58. The number of nitrogens with one attached hydrogen (secondary N) is 1. The molecule has 1 unspecified atom stereocenters. The highest BCUT2D eigenvalue weighted by molar-refractivity contribution is 5.26. The second-order valence-electron chi connectivity index (χ2n) is 5.07. The minimum atomic E-state index is -0.197. The third kappa shape index (κ3) is 3.51. The van der Waals surface area contributed by atoms with Crippen LogP contribution in [0, 0.1) is 18.7 Å². The first kappa shape index (κ1) is 13.5. The van der Waals surface area contributed by atoms with Crippen molar-refractivity contribution < 1.29 is 9.13 Å². The zero-order valence-corrected chi connectivity index (χ0v) is 10.8. The van der Waals surface area contributed by atoms with E-state index in [0.717, 1.165) is 43.6 Å². The van der Waals surface area contributed by atoms with Crippen LogP contribution in [0.25, 0.3) is 0 Å². The Kier molecular flexibility index (Phi) is 4.69. The van der Waals surface area contributed by atoms with Crippen LogP contribution >= 0.6 is 0 Å². The van der Waals surface area contributed by atoms with E-state index >= 15 is 0 Å². The van der Waals surface area contributed by atoms with Gasteiger partial charge >= 0.3 is 0 Å². The number of hydrazine groups is 1. The van der Waals surface area contributed by atoms with E-state index in [0.29, 0.717) is 5.92 Å². The number of hydrogen-bond donors (Lipinski definition) is 2. The van der Waals surface area contributed by atoms with Gasteiger partial charge in [-0.15, -0.1) is 0 Å². The standard InChI is InChI=1S/C14H21FN2O/c1-10-6-12(9-13(15)7-10)14(17-16)8-11-2-4-18-5-3-11/h6-7,9,11,14,17H,2-5,8,16H2,1H3. The molecule has 1 fully saturated rings. The van der Waals surface area contributed by atoms with Crippen LogP contribution < -0.4 is 11.3 Å². The minimum Gasteiger partial charge on any atom is -0.381 e. The Morgan fingerprint density at radius 2 is 2.11 bits per heavy atom. The Morgan fingerprint density at radius 1 is 1.39 bits per heavy atom. The number of rotatable bonds is 4. The van der Waals surface area contributed by atoms with E-state index in [-0.39, 0.29) is 11.9 Å². The molecule has 0 aromatic heterocycles. The Labute approximate surface area is 107 Å². The number of hydrogen-bond acceptors (Lipinski definition) is 3. The molecule has 3 N–H and O–H groups in total. The molecule has 1 aromatic rings. The summed E-state index contributed by atoms with van der Waals surface area (Å²) in [5.74, 6) is 6.02. The van der Waals surface area contributed by atoms with Gasteiger partial charge in [0.1, 0.15) is 5.82 Å². The molecule has 3 nitrogen and oxygen atoms in total. The van der Waals surface area contributed by atoms with E-state index in [1.54, 1.807) is 6.07 Å². The van der Waals surface area contributed by atoms with E-state index in [9.17, 15) is 4.39 Å². The van der Waals surface area contributed by atoms with Crippen LogP contribution in [0.5, 0.6) is 0 Å². The van der Waals surface area contributed by atoms with Gasteiger partial charge in [0.25, 0.3) is 0 Å². The van der Waals surface area contributed by atoms with Crippen molar-refractivity contribution in [1.29, 1.82) is 0 Å². The summed E-state index contributed by atoms with van der Waals surface area (Å²) in [6.45, 7) is 3.54. The lowest BCUT2D eigenvalue weighted by atomic mass is 9.89. The van der Waals surface area contributed by atoms with Gasteiger partial charge in [0.2, 0.25) is 0 Å². The fourth-order valence-corrected chi connectivity index (χ4v) is 2.58. The van der Waals surface area contributed by atoms with E-state index in [4.69, 9.17) is 10.6 Å². The van der Waals surface area contributed by atoms with Gasteiger partial charge in [-0.25, -0.2) is 4.39 Å². The zero-order valence-electron chi connectivity index (χ0n) is 10.8. The SMILES string of the molecule is Cc1cc(F)cc(C(CC2CCOCC2)NN)c1. The van der Waals surface area contributed by atoms with Crippen LogP contribution in [0.1, 0.15) is 36.4 Å². The molecule has 100 valence electrons. The monoisotopic (exact) mass is 252 g/mol. The highest BCUT2D eigenvalue weighted by Crippen LogP contribution is 2.28. The highest BCUT2D eigenvalue weighted by Gasteiger charge is 2.20. The number of halogens is 1. The van der Waals surface area contributed by atoms with E-state index < -0.39 is 0 Å². The minimum absolute atomic E-state index is 0.0162. The van der Waals surface area contributed by atoms with Gasteiger partial charge in [0.15, 0.2) is 0 Å². The average molecular weight is 252 g/mol. The van der Waals surface area contributed by atoms with Crippen molar-refractivity contribution >= 4 is 0 Å². The van der Waals surface area contributed by atoms with Crippen molar-refractivity contribution in [3.05, 3.63) is 35.1 Å². The van der Waals surface area contributed by atoms with Crippen LogP contribution in [0.2, 0.25) is 0 Å². The molecule has 0 saturated carbocycles.